The van der Waals surface area contributed by atoms with Gasteiger partial charge < -0.3 is 19.9 Å². The van der Waals surface area contributed by atoms with Gasteiger partial charge in [-0.2, -0.15) is 0 Å². The number of amides is 3. The van der Waals surface area contributed by atoms with Gasteiger partial charge in [-0.3, -0.25) is 19.4 Å². The fraction of sp³-hybridized carbons (Fsp3) is 0.391. The third-order valence-electron chi connectivity index (χ3n) is 5.14. The molecule has 0 unspecified atom stereocenters. The van der Waals surface area contributed by atoms with Gasteiger partial charge in [0.15, 0.2) is 12.2 Å². The van der Waals surface area contributed by atoms with Gasteiger partial charge >= 0.3 is 0 Å². The van der Waals surface area contributed by atoms with Crippen molar-refractivity contribution in [2.24, 2.45) is 0 Å². The average Bonchev–Trinajstić information content (AvgIpc) is 3.58. The van der Waals surface area contributed by atoms with E-state index in [0.29, 0.717) is 19.4 Å². The molecule has 3 amide bonds. The van der Waals surface area contributed by atoms with Crippen molar-refractivity contribution in [2.75, 3.05) is 27.7 Å². The number of hydrogen-bond donors (Lipinski definition) is 1. The number of ether oxygens (including phenoxy) is 1. The van der Waals surface area contributed by atoms with Crippen LogP contribution in [0.3, 0.4) is 0 Å². The minimum atomic E-state index is -0.877. The van der Waals surface area contributed by atoms with Crippen molar-refractivity contribution in [3.05, 3.63) is 66.0 Å². The molecule has 3 rings (SSSR count). The zero-order valence-corrected chi connectivity index (χ0v) is 18.0. The Bertz CT molecular complexity index is 904. The molecule has 0 bridgehead atoms. The van der Waals surface area contributed by atoms with Gasteiger partial charge in [0.05, 0.1) is 0 Å². The molecule has 1 N–H and O–H groups in total. The lowest BCUT2D eigenvalue weighted by Gasteiger charge is -2.21. The molecule has 0 saturated carbocycles. The number of rotatable bonds is 9. The average molecular weight is 425 g/mol. The molecular weight excluding hydrogens is 396 g/mol. The molecular formula is C23H28N4O4. The van der Waals surface area contributed by atoms with Gasteiger partial charge in [-0.15, -0.1) is 0 Å². The molecule has 2 heterocycles. The van der Waals surface area contributed by atoms with E-state index in [1.165, 1.54) is 4.90 Å². The van der Waals surface area contributed by atoms with Gasteiger partial charge in [0, 0.05) is 52.4 Å². The summed E-state index contributed by atoms with van der Waals surface area (Å²) in [6, 6.07) is 14.4. The summed E-state index contributed by atoms with van der Waals surface area (Å²) in [4.78, 5) is 45.0. The summed E-state index contributed by atoms with van der Waals surface area (Å²) in [5.74, 6) is -0.921. The third-order valence-corrected chi connectivity index (χ3v) is 5.14. The molecule has 1 aromatic heterocycles. The summed E-state index contributed by atoms with van der Waals surface area (Å²) in [5, 5.41) is 2.75. The van der Waals surface area contributed by atoms with Crippen molar-refractivity contribution < 1.29 is 19.1 Å². The Balaban J connectivity index is 1.54. The molecule has 8 nitrogen and oxygen atoms in total. The maximum absolute atomic E-state index is 12.7. The third kappa shape index (κ3) is 6.11. The standard InChI is InChI=1S/C23H28N4O4/c1-26(2)22(29)18(15-16-9-5-4-6-10-16)25-21(28)19-20(31-19)23(30)27(3)14-12-17-11-7-8-13-24-17/h4-11,13,18-20H,12,14-15H2,1-3H3,(H,25,28)/t18-,19-,20-/m0/s1. The predicted molar refractivity (Wildman–Crippen MR) is 115 cm³/mol. The van der Waals surface area contributed by atoms with Gasteiger partial charge in [0.2, 0.25) is 5.91 Å². The summed E-state index contributed by atoms with van der Waals surface area (Å²) >= 11 is 0. The first kappa shape index (κ1) is 22.4. The van der Waals surface area contributed by atoms with Gasteiger partial charge in [-0.1, -0.05) is 36.4 Å². The number of epoxide rings is 1. The quantitative estimate of drug-likeness (QED) is 0.597. The van der Waals surface area contributed by atoms with Crippen molar-refractivity contribution in [2.45, 2.75) is 31.1 Å². The van der Waals surface area contributed by atoms with Crippen LogP contribution in [-0.4, -0.2) is 78.4 Å². The molecule has 2 aromatic rings. The monoisotopic (exact) mass is 424 g/mol. The highest BCUT2D eigenvalue weighted by atomic mass is 16.6. The van der Waals surface area contributed by atoms with Crippen molar-refractivity contribution >= 4 is 17.7 Å². The van der Waals surface area contributed by atoms with Crippen LogP contribution in [0, 0.1) is 0 Å². The molecule has 1 saturated heterocycles. The smallest absolute Gasteiger partial charge is 0.254 e. The molecule has 0 spiro atoms. The molecule has 31 heavy (non-hydrogen) atoms. The van der Waals surface area contributed by atoms with Gasteiger partial charge in [-0.25, -0.2) is 0 Å². The number of benzene rings is 1. The second-order valence-corrected chi connectivity index (χ2v) is 7.79. The Hall–Kier alpha value is -3.26. The molecule has 0 radical (unpaired) electrons. The first-order valence-corrected chi connectivity index (χ1v) is 10.2. The first-order valence-electron chi connectivity index (χ1n) is 10.2. The summed E-state index contributed by atoms with van der Waals surface area (Å²) < 4.78 is 5.36. The number of carbonyl (C=O) groups excluding carboxylic acids is 3. The number of carbonyl (C=O) groups is 3. The first-order chi connectivity index (χ1) is 14.9. The Morgan fingerprint density at radius 3 is 2.39 bits per heavy atom. The fourth-order valence-corrected chi connectivity index (χ4v) is 3.27. The highest BCUT2D eigenvalue weighted by Gasteiger charge is 2.51. The number of hydrogen-bond acceptors (Lipinski definition) is 5. The van der Waals surface area contributed by atoms with Gasteiger partial charge in [0.25, 0.3) is 11.8 Å². The summed E-state index contributed by atoms with van der Waals surface area (Å²) in [6.07, 6.45) is 0.989. The van der Waals surface area contributed by atoms with E-state index in [2.05, 4.69) is 10.3 Å². The lowest BCUT2D eigenvalue weighted by Crippen LogP contribution is -2.49. The number of aromatic nitrogens is 1. The van der Waals surface area contributed by atoms with E-state index in [-0.39, 0.29) is 11.8 Å². The normalized spacial score (nSPS) is 18.0. The number of nitrogens with zero attached hydrogens (tertiary/aromatic N) is 3. The molecule has 1 aliphatic rings. The van der Waals surface area contributed by atoms with E-state index in [0.717, 1.165) is 11.3 Å². The number of pyridine rings is 1. The SMILES string of the molecule is CN(C)C(=O)[C@H](Cc1ccccc1)NC(=O)[C@H]1O[C@@H]1C(=O)N(C)CCc1ccccn1. The van der Waals surface area contributed by atoms with E-state index < -0.39 is 24.2 Å². The van der Waals surface area contributed by atoms with Crippen LogP contribution in [0.1, 0.15) is 11.3 Å². The highest BCUT2D eigenvalue weighted by Crippen LogP contribution is 2.24. The van der Waals surface area contributed by atoms with Crippen LogP contribution in [-0.2, 0) is 32.0 Å². The van der Waals surface area contributed by atoms with Crippen LogP contribution in [0.25, 0.3) is 0 Å². The Labute approximate surface area is 182 Å². The highest BCUT2D eigenvalue weighted by molar-refractivity contribution is 5.97. The topological polar surface area (TPSA) is 95.1 Å². The van der Waals surface area contributed by atoms with Crippen molar-refractivity contribution in [1.82, 2.24) is 20.1 Å². The van der Waals surface area contributed by atoms with Crippen LogP contribution >= 0.6 is 0 Å². The number of likely N-dealkylation sites (N-methyl/N-ethyl adjacent to an activating group) is 2. The number of nitrogens with one attached hydrogen (secondary N) is 1. The summed E-state index contributed by atoms with van der Waals surface area (Å²) in [7, 11) is 4.96. The largest absolute Gasteiger partial charge is 0.349 e. The molecule has 1 fully saturated rings. The lowest BCUT2D eigenvalue weighted by molar-refractivity contribution is -0.134. The van der Waals surface area contributed by atoms with E-state index in [9.17, 15) is 14.4 Å². The van der Waals surface area contributed by atoms with Crippen LogP contribution < -0.4 is 5.32 Å². The molecule has 0 aliphatic carbocycles. The van der Waals surface area contributed by atoms with E-state index in [1.807, 2.05) is 48.5 Å². The molecule has 8 heteroatoms. The van der Waals surface area contributed by atoms with Crippen LogP contribution in [0.2, 0.25) is 0 Å². The zero-order chi connectivity index (χ0) is 22.4. The van der Waals surface area contributed by atoms with Crippen LogP contribution in [0.15, 0.2) is 54.7 Å². The van der Waals surface area contributed by atoms with Crippen LogP contribution in [0.4, 0.5) is 0 Å². The molecule has 164 valence electrons. The Kier molecular flexibility index (Phi) is 7.36. The second-order valence-electron chi connectivity index (χ2n) is 7.79. The van der Waals surface area contributed by atoms with Gasteiger partial charge in [-0.05, 0) is 17.7 Å². The van der Waals surface area contributed by atoms with Crippen LogP contribution in [0.5, 0.6) is 0 Å². The van der Waals surface area contributed by atoms with Gasteiger partial charge in [0.1, 0.15) is 6.04 Å². The minimum absolute atomic E-state index is 0.215. The molecule has 3 atom stereocenters. The Morgan fingerprint density at radius 2 is 1.74 bits per heavy atom. The minimum Gasteiger partial charge on any atom is -0.349 e. The van der Waals surface area contributed by atoms with E-state index >= 15 is 0 Å². The second kappa shape index (κ2) is 10.2. The summed E-state index contributed by atoms with van der Waals surface area (Å²) in [5.41, 5.74) is 1.82. The molecule has 1 aliphatic heterocycles. The predicted octanol–water partition coefficient (Wildman–Crippen LogP) is 0.666. The fourth-order valence-electron chi connectivity index (χ4n) is 3.27. The zero-order valence-electron chi connectivity index (χ0n) is 18.0. The lowest BCUT2D eigenvalue weighted by atomic mass is 10.0. The maximum atomic E-state index is 12.7. The maximum Gasteiger partial charge on any atom is 0.254 e. The summed E-state index contributed by atoms with van der Waals surface area (Å²) in [6.45, 7) is 0.472. The molecule has 1 aromatic carbocycles. The van der Waals surface area contributed by atoms with Crippen molar-refractivity contribution in [3.8, 4) is 0 Å². The van der Waals surface area contributed by atoms with E-state index in [4.69, 9.17) is 4.74 Å². The Morgan fingerprint density at radius 1 is 1.03 bits per heavy atom. The van der Waals surface area contributed by atoms with E-state index in [1.54, 1.807) is 32.2 Å². The van der Waals surface area contributed by atoms with Crippen molar-refractivity contribution in [3.63, 3.8) is 0 Å². The van der Waals surface area contributed by atoms with Crippen molar-refractivity contribution in [1.29, 1.82) is 0 Å².